The quantitative estimate of drug-likeness (QED) is 0.358. The monoisotopic (exact) mass is 218 g/mol. The smallest absolute Gasteiger partial charge is 0.106 e. The first-order valence-corrected chi connectivity index (χ1v) is 5.41. The van der Waals surface area contributed by atoms with Gasteiger partial charge in [0.2, 0.25) is 0 Å². The third-order valence-electron chi connectivity index (χ3n) is 3.83. The molecule has 2 fully saturated rings. The summed E-state index contributed by atoms with van der Waals surface area (Å²) in [6.07, 6.45) is -3.20. The topological polar surface area (TPSA) is 101 Å². The van der Waals surface area contributed by atoms with E-state index in [2.05, 4.69) is 0 Å². The van der Waals surface area contributed by atoms with Crippen LogP contribution in [0.25, 0.3) is 0 Å². The second-order valence-electron chi connectivity index (χ2n) is 4.81. The lowest BCUT2D eigenvalue weighted by atomic mass is 9.87. The number of aliphatic hydroxyl groups is 5. The van der Waals surface area contributed by atoms with Gasteiger partial charge in [-0.2, -0.15) is 0 Å². The molecule has 5 heteroatoms. The SMILES string of the molecule is OC1CC(C2CC(O)C(O)C2O)CC1O. The zero-order valence-electron chi connectivity index (χ0n) is 8.40. The highest BCUT2D eigenvalue weighted by Crippen LogP contribution is 2.40. The second-order valence-corrected chi connectivity index (χ2v) is 4.81. The Balaban J connectivity index is 2.01. The number of rotatable bonds is 1. The summed E-state index contributed by atoms with van der Waals surface area (Å²) in [7, 11) is 0. The standard InChI is InChI=1S/C10H18O5/c11-6-1-4(2-7(6)12)5-3-8(13)10(15)9(5)14/h4-15H,1-3H2. The van der Waals surface area contributed by atoms with Crippen molar-refractivity contribution < 1.29 is 25.5 Å². The highest BCUT2D eigenvalue weighted by atomic mass is 16.4. The Morgan fingerprint density at radius 2 is 1.13 bits per heavy atom. The molecule has 0 aromatic rings. The first-order chi connectivity index (χ1) is 7.00. The van der Waals surface area contributed by atoms with Crippen LogP contribution in [0.4, 0.5) is 0 Å². The van der Waals surface area contributed by atoms with Crippen molar-refractivity contribution in [2.75, 3.05) is 0 Å². The van der Waals surface area contributed by atoms with Crippen molar-refractivity contribution in [3.8, 4) is 0 Å². The van der Waals surface area contributed by atoms with Gasteiger partial charge in [-0.3, -0.25) is 0 Å². The molecule has 2 rings (SSSR count). The van der Waals surface area contributed by atoms with E-state index in [1.807, 2.05) is 0 Å². The molecular weight excluding hydrogens is 200 g/mol. The van der Waals surface area contributed by atoms with Crippen molar-refractivity contribution in [2.24, 2.45) is 11.8 Å². The average molecular weight is 218 g/mol. The molecule has 0 amide bonds. The normalized spacial score (nSPS) is 56.2. The van der Waals surface area contributed by atoms with Crippen molar-refractivity contribution in [2.45, 2.75) is 49.8 Å². The zero-order valence-corrected chi connectivity index (χ0v) is 8.40. The van der Waals surface area contributed by atoms with Gasteiger partial charge in [0.1, 0.15) is 6.10 Å². The summed E-state index contributed by atoms with van der Waals surface area (Å²) in [6, 6.07) is 0. The number of aliphatic hydroxyl groups excluding tert-OH is 5. The van der Waals surface area contributed by atoms with Crippen molar-refractivity contribution in [3.05, 3.63) is 0 Å². The van der Waals surface area contributed by atoms with Gasteiger partial charge in [-0.1, -0.05) is 0 Å². The summed E-state index contributed by atoms with van der Waals surface area (Å²) >= 11 is 0. The van der Waals surface area contributed by atoms with Crippen molar-refractivity contribution in [3.63, 3.8) is 0 Å². The highest BCUT2D eigenvalue weighted by Gasteiger charge is 2.47. The lowest BCUT2D eigenvalue weighted by Gasteiger charge is -2.22. The second kappa shape index (κ2) is 3.99. The maximum Gasteiger partial charge on any atom is 0.106 e. The molecule has 6 unspecified atom stereocenters. The lowest BCUT2D eigenvalue weighted by Crippen LogP contribution is -2.32. The van der Waals surface area contributed by atoms with Crippen LogP contribution in [0.2, 0.25) is 0 Å². The molecule has 15 heavy (non-hydrogen) atoms. The molecule has 88 valence electrons. The molecule has 2 saturated carbocycles. The van der Waals surface area contributed by atoms with Crippen LogP contribution in [0.1, 0.15) is 19.3 Å². The van der Waals surface area contributed by atoms with E-state index in [0.29, 0.717) is 19.3 Å². The summed E-state index contributed by atoms with van der Waals surface area (Å²) in [5.41, 5.74) is 0. The third-order valence-corrected chi connectivity index (χ3v) is 3.83. The van der Waals surface area contributed by atoms with Gasteiger partial charge in [0.05, 0.1) is 24.4 Å². The molecule has 2 aliphatic rings. The van der Waals surface area contributed by atoms with Gasteiger partial charge in [-0.25, -0.2) is 0 Å². The molecule has 0 aromatic carbocycles. The minimum Gasteiger partial charge on any atom is -0.390 e. The van der Waals surface area contributed by atoms with Gasteiger partial charge in [0, 0.05) is 0 Å². The maximum absolute atomic E-state index is 9.69. The largest absolute Gasteiger partial charge is 0.390 e. The molecule has 6 atom stereocenters. The predicted molar refractivity (Wildman–Crippen MR) is 50.9 cm³/mol. The van der Waals surface area contributed by atoms with Crippen LogP contribution < -0.4 is 0 Å². The molecule has 5 N–H and O–H groups in total. The predicted octanol–water partition coefficient (Wildman–Crippen LogP) is -1.78. The van der Waals surface area contributed by atoms with E-state index >= 15 is 0 Å². The van der Waals surface area contributed by atoms with Crippen LogP contribution in [-0.4, -0.2) is 56.1 Å². The van der Waals surface area contributed by atoms with Gasteiger partial charge >= 0.3 is 0 Å². The summed E-state index contributed by atoms with van der Waals surface area (Å²) in [5.74, 6) is -0.237. The molecule has 0 bridgehead atoms. The van der Waals surface area contributed by atoms with Crippen LogP contribution in [0, 0.1) is 11.8 Å². The molecule has 0 aliphatic heterocycles. The minimum atomic E-state index is -1.09. The fourth-order valence-electron chi connectivity index (χ4n) is 2.89. The molecule has 0 saturated heterocycles. The van der Waals surface area contributed by atoms with Gasteiger partial charge in [0.25, 0.3) is 0 Å². The van der Waals surface area contributed by atoms with Crippen LogP contribution in [-0.2, 0) is 0 Å². The van der Waals surface area contributed by atoms with Gasteiger partial charge in [-0.15, -0.1) is 0 Å². The molecule has 0 aromatic heterocycles. The first kappa shape index (κ1) is 11.3. The summed E-state index contributed by atoms with van der Waals surface area (Å²) < 4.78 is 0. The van der Waals surface area contributed by atoms with Crippen molar-refractivity contribution in [1.29, 1.82) is 0 Å². The van der Waals surface area contributed by atoms with Crippen molar-refractivity contribution >= 4 is 0 Å². The van der Waals surface area contributed by atoms with Crippen LogP contribution in [0.15, 0.2) is 0 Å². The van der Waals surface area contributed by atoms with Crippen LogP contribution in [0.5, 0.6) is 0 Å². The summed E-state index contributed by atoms with van der Waals surface area (Å²) in [6.45, 7) is 0. The number of hydrogen-bond acceptors (Lipinski definition) is 5. The lowest BCUT2D eigenvalue weighted by molar-refractivity contribution is -0.0313. The molecule has 0 heterocycles. The van der Waals surface area contributed by atoms with E-state index in [1.54, 1.807) is 0 Å². The van der Waals surface area contributed by atoms with Crippen LogP contribution in [0.3, 0.4) is 0 Å². The molecule has 0 spiro atoms. The number of hydrogen-bond donors (Lipinski definition) is 5. The zero-order chi connectivity index (χ0) is 11.2. The van der Waals surface area contributed by atoms with Gasteiger partial charge in [-0.05, 0) is 31.1 Å². The Hall–Kier alpha value is -0.200. The Kier molecular flexibility index (Phi) is 3.00. The molecule has 2 aliphatic carbocycles. The van der Waals surface area contributed by atoms with Gasteiger partial charge in [0.15, 0.2) is 0 Å². The van der Waals surface area contributed by atoms with E-state index in [4.69, 9.17) is 0 Å². The van der Waals surface area contributed by atoms with Crippen LogP contribution >= 0.6 is 0 Å². The summed E-state index contributed by atoms with van der Waals surface area (Å²) in [5, 5.41) is 47.3. The minimum absolute atomic E-state index is 0.0169. The fourth-order valence-corrected chi connectivity index (χ4v) is 2.89. The summed E-state index contributed by atoms with van der Waals surface area (Å²) in [4.78, 5) is 0. The van der Waals surface area contributed by atoms with E-state index in [1.165, 1.54) is 0 Å². The van der Waals surface area contributed by atoms with E-state index in [-0.39, 0.29) is 11.8 Å². The van der Waals surface area contributed by atoms with E-state index in [0.717, 1.165) is 0 Å². The highest BCUT2D eigenvalue weighted by molar-refractivity contribution is 4.98. The maximum atomic E-state index is 9.69. The van der Waals surface area contributed by atoms with E-state index in [9.17, 15) is 25.5 Å². The van der Waals surface area contributed by atoms with Gasteiger partial charge < -0.3 is 25.5 Å². The Morgan fingerprint density at radius 1 is 0.600 bits per heavy atom. The molecule has 5 nitrogen and oxygen atoms in total. The fraction of sp³-hybridized carbons (Fsp3) is 1.00. The average Bonchev–Trinajstić information content (AvgIpc) is 2.63. The molecule has 0 radical (unpaired) electrons. The van der Waals surface area contributed by atoms with Crippen molar-refractivity contribution in [1.82, 2.24) is 0 Å². The Morgan fingerprint density at radius 3 is 1.53 bits per heavy atom. The Labute approximate surface area is 88.0 Å². The first-order valence-electron chi connectivity index (χ1n) is 5.41. The third kappa shape index (κ3) is 1.90. The van der Waals surface area contributed by atoms with E-state index < -0.39 is 30.5 Å². The molecular formula is C10H18O5. The Bertz CT molecular complexity index is 224.